The highest BCUT2D eigenvalue weighted by molar-refractivity contribution is 5.69. The van der Waals surface area contributed by atoms with Crippen LogP contribution < -0.4 is 0 Å². The number of carboxylic acid groups (broad SMARTS) is 1. The van der Waals surface area contributed by atoms with Crippen LogP contribution in [-0.4, -0.2) is 22.8 Å². The minimum Gasteiger partial charge on any atom is -0.481 e. The number of aliphatic carboxylic acids is 1. The normalized spacial score (nSPS) is 11.1. The maximum Gasteiger partial charge on any atom is 0.304 e. The molecule has 1 radical (unpaired) electrons. The molecule has 3 nitrogen and oxygen atoms in total. The molecule has 0 aromatic heterocycles. The van der Waals surface area contributed by atoms with Crippen molar-refractivity contribution >= 4 is 5.97 Å². The van der Waals surface area contributed by atoms with Crippen LogP contribution in [0.5, 0.6) is 0 Å². The van der Waals surface area contributed by atoms with Crippen LogP contribution in [0.2, 0.25) is 0 Å². The van der Waals surface area contributed by atoms with Gasteiger partial charge in [0.05, 0.1) is 6.42 Å². The van der Waals surface area contributed by atoms with E-state index < -0.39 is 5.97 Å². The Hall–Kier alpha value is -0.570. The van der Waals surface area contributed by atoms with Gasteiger partial charge in [-0.05, 0) is 6.42 Å². The highest BCUT2D eigenvalue weighted by Gasteiger charge is 2.11. The Morgan fingerprint density at radius 2 is 1.32 bits per heavy atom. The van der Waals surface area contributed by atoms with Crippen LogP contribution in [0.1, 0.15) is 84.0 Å². The molecule has 0 aromatic rings. The first-order chi connectivity index (χ1) is 9.20. The van der Waals surface area contributed by atoms with Gasteiger partial charge in [0.1, 0.15) is 0 Å². The van der Waals surface area contributed by atoms with E-state index in [2.05, 4.69) is 6.92 Å². The molecule has 19 heavy (non-hydrogen) atoms. The van der Waals surface area contributed by atoms with Gasteiger partial charge in [-0.3, -0.25) is 4.79 Å². The number of hydrogen-bond donors (Lipinski definition) is 2. The summed E-state index contributed by atoms with van der Waals surface area (Å²) < 4.78 is 0. The monoisotopic (exact) mass is 271 g/mol. The predicted molar refractivity (Wildman–Crippen MR) is 79.0 cm³/mol. The van der Waals surface area contributed by atoms with E-state index in [0.29, 0.717) is 0 Å². The molecule has 0 rings (SSSR count). The molecule has 0 spiro atoms. The van der Waals surface area contributed by atoms with Crippen molar-refractivity contribution in [2.24, 2.45) is 0 Å². The first-order valence-corrected chi connectivity index (χ1v) is 7.87. The molecule has 0 heterocycles. The number of aliphatic hydroxyl groups excluding tert-OH is 1. The second-order valence-electron chi connectivity index (χ2n) is 5.41. The molecule has 113 valence electrons. The Bertz CT molecular complexity index is 204. The summed E-state index contributed by atoms with van der Waals surface area (Å²) in [4.78, 5) is 10.5. The molecule has 0 saturated carbocycles. The van der Waals surface area contributed by atoms with E-state index in [-0.39, 0.29) is 13.0 Å². The molecule has 0 saturated heterocycles. The lowest BCUT2D eigenvalue weighted by Gasteiger charge is -2.10. The summed E-state index contributed by atoms with van der Waals surface area (Å²) in [6, 6.07) is 0. The van der Waals surface area contributed by atoms with Gasteiger partial charge in [-0.1, -0.05) is 71.1 Å². The van der Waals surface area contributed by atoms with Gasteiger partial charge in [-0.2, -0.15) is 0 Å². The van der Waals surface area contributed by atoms with Gasteiger partial charge in [0.15, 0.2) is 0 Å². The molecule has 0 amide bonds. The smallest absolute Gasteiger partial charge is 0.304 e. The summed E-state index contributed by atoms with van der Waals surface area (Å²) >= 11 is 0. The van der Waals surface area contributed by atoms with Crippen molar-refractivity contribution in [1.82, 2.24) is 0 Å². The standard InChI is InChI=1S/C16H31O3/c1-2-3-4-5-6-7-8-9-10-11-12-15(14-17)13-16(18)19/h17H,2-14H2,1H3,(H,18,19). The van der Waals surface area contributed by atoms with Gasteiger partial charge in [0, 0.05) is 12.5 Å². The van der Waals surface area contributed by atoms with Gasteiger partial charge in [-0.25, -0.2) is 0 Å². The summed E-state index contributed by atoms with van der Waals surface area (Å²) in [5.74, 6) is -0.0804. The van der Waals surface area contributed by atoms with E-state index in [9.17, 15) is 4.79 Å². The second-order valence-corrected chi connectivity index (χ2v) is 5.41. The van der Waals surface area contributed by atoms with Crippen molar-refractivity contribution in [2.45, 2.75) is 84.0 Å². The third-order valence-electron chi connectivity index (χ3n) is 3.51. The molecule has 0 unspecified atom stereocenters. The van der Waals surface area contributed by atoms with Crippen molar-refractivity contribution in [3.05, 3.63) is 5.92 Å². The fourth-order valence-corrected chi connectivity index (χ4v) is 2.30. The predicted octanol–water partition coefficient (Wildman–Crippen LogP) is 4.34. The van der Waals surface area contributed by atoms with E-state index >= 15 is 0 Å². The minimum atomic E-state index is -0.837. The van der Waals surface area contributed by atoms with E-state index in [1.54, 1.807) is 0 Å². The fourth-order valence-electron chi connectivity index (χ4n) is 2.30. The molecule has 0 aliphatic carbocycles. The lowest BCUT2D eigenvalue weighted by molar-refractivity contribution is -0.136. The van der Waals surface area contributed by atoms with Crippen LogP contribution in [0, 0.1) is 5.92 Å². The van der Waals surface area contributed by atoms with Crippen molar-refractivity contribution in [1.29, 1.82) is 0 Å². The number of aliphatic hydroxyl groups is 1. The van der Waals surface area contributed by atoms with Crippen molar-refractivity contribution in [2.75, 3.05) is 6.61 Å². The van der Waals surface area contributed by atoms with E-state index in [1.807, 2.05) is 0 Å². The number of carbonyl (C=O) groups is 1. The number of unbranched alkanes of at least 4 members (excludes halogenated alkanes) is 9. The minimum absolute atomic E-state index is 0.0218. The quantitative estimate of drug-likeness (QED) is 0.462. The number of rotatable bonds is 14. The summed E-state index contributed by atoms with van der Waals surface area (Å²) in [5, 5.41) is 17.7. The summed E-state index contributed by atoms with van der Waals surface area (Å²) in [6.07, 6.45) is 13.6. The topological polar surface area (TPSA) is 57.5 Å². The van der Waals surface area contributed by atoms with Crippen LogP contribution in [0.25, 0.3) is 0 Å². The van der Waals surface area contributed by atoms with Gasteiger partial charge < -0.3 is 10.2 Å². The third kappa shape index (κ3) is 13.7. The van der Waals surface area contributed by atoms with Crippen molar-refractivity contribution in [3.8, 4) is 0 Å². The molecule has 0 atom stereocenters. The Balaban J connectivity index is 3.23. The largest absolute Gasteiger partial charge is 0.481 e. The van der Waals surface area contributed by atoms with Gasteiger partial charge in [0.2, 0.25) is 0 Å². The number of carboxylic acids is 1. The number of hydrogen-bond acceptors (Lipinski definition) is 2. The van der Waals surface area contributed by atoms with Crippen LogP contribution >= 0.6 is 0 Å². The van der Waals surface area contributed by atoms with Crippen LogP contribution in [0.15, 0.2) is 0 Å². The second kappa shape index (κ2) is 13.9. The molecule has 0 bridgehead atoms. The van der Waals surface area contributed by atoms with E-state index in [4.69, 9.17) is 10.2 Å². The summed E-state index contributed by atoms with van der Waals surface area (Å²) in [7, 11) is 0. The SMILES string of the molecule is CCCCCCCCCCCC[C](CO)CC(=O)O. The molecule has 0 fully saturated rings. The Labute approximate surface area is 118 Å². The molecular formula is C16H31O3. The van der Waals surface area contributed by atoms with Gasteiger partial charge >= 0.3 is 5.97 Å². The molecular weight excluding hydrogens is 240 g/mol. The van der Waals surface area contributed by atoms with Crippen LogP contribution in [0.3, 0.4) is 0 Å². The molecule has 3 heteroatoms. The lowest BCUT2D eigenvalue weighted by Crippen LogP contribution is -2.09. The summed E-state index contributed by atoms with van der Waals surface area (Å²) in [5.41, 5.74) is 0. The zero-order valence-corrected chi connectivity index (χ0v) is 12.5. The van der Waals surface area contributed by atoms with E-state index in [0.717, 1.165) is 25.2 Å². The first-order valence-electron chi connectivity index (χ1n) is 7.87. The maximum atomic E-state index is 10.5. The molecule has 0 aromatic carbocycles. The fraction of sp³-hybridized carbons (Fsp3) is 0.875. The van der Waals surface area contributed by atoms with E-state index in [1.165, 1.54) is 51.4 Å². The molecule has 0 aliphatic rings. The zero-order chi connectivity index (χ0) is 14.3. The van der Waals surface area contributed by atoms with Crippen molar-refractivity contribution in [3.63, 3.8) is 0 Å². The molecule has 0 aliphatic heterocycles. The van der Waals surface area contributed by atoms with Gasteiger partial charge in [0.25, 0.3) is 0 Å². The van der Waals surface area contributed by atoms with Crippen LogP contribution in [0.4, 0.5) is 0 Å². The average molecular weight is 271 g/mol. The third-order valence-corrected chi connectivity index (χ3v) is 3.51. The van der Waals surface area contributed by atoms with Gasteiger partial charge in [-0.15, -0.1) is 0 Å². The summed E-state index contributed by atoms with van der Waals surface area (Å²) in [6.45, 7) is 2.16. The van der Waals surface area contributed by atoms with Crippen LogP contribution in [-0.2, 0) is 4.79 Å². The molecule has 2 N–H and O–H groups in total. The Morgan fingerprint density at radius 3 is 1.74 bits per heavy atom. The highest BCUT2D eigenvalue weighted by atomic mass is 16.4. The van der Waals surface area contributed by atoms with Crippen molar-refractivity contribution < 1.29 is 15.0 Å². The maximum absolute atomic E-state index is 10.5. The Morgan fingerprint density at radius 1 is 0.842 bits per heavy atom. The average Bonchev–Trinajstić information content (AvgIpc) is 2.39. The Kier molecular flexibility index (Phi) is 13.4. The first kappa shape index (κ1) is 18.4. The lowest BCUT2D eigenvalue weighted by atomic mass is 9.98. The zero-order valence-electron chi connectivity index (χ0n) is 12.5. The highest BCUT2D eigenvalue weighted by Crippen LogP contribution is 2.17.